The first-order valence-corrected chi connectivity index (χ1v) is 8.42. The van der Waals surface area contributed by atoms with Crippen LogP contribution in [-0.4, -0.2) is 43.7 Å². The third-order valence-corrected chi connectivity index (χ3v) is 5.32. The quantitative estimate of drug-likeness (QED) is 0.863. The summed E-state index contributed by atoms with van der Waals surface area (Å²) in [5.41, 5.74) is 1.40. The van der Waals surface area contributed by atoms with E-state index < -0.39 is 10.0 Å². The maximum atomic E-state index is 12.5. The van der Waals surface area contributed by atoms with Crippen LogP contribution < -0.4 is 4.72 Å². The summed E-state index contributed by atoms with van der Waals surface area (Å²) in [5.74, 6) is 0.297. The van der Waals surface area contributed by atoms with Crippen molar-refractivity contribution in [1.29, 1.82) is 0 Å². The van der Waals surface area contributed by atoms with Gasteiger partial charge in [0.1, 0.15) is 10.6 Å². The second kappa shape index (κ2) is 6.23. The van der Waals surface area contributed by atoms with Crippen molar-refractivity contribution in [3.8, 4) is 0 Å². The Bertz CT molecular complexity index is 726. The van der Waals surface area contributed by atoms with Gasteiger partial charge in [-0.25, -0.2) is 13.1 Å². The minimum absolute atomic E-state index is 0.0738. The van der Waals surface area contributed by atoms with Gasteiger partial charge in [-0.1, -0.05) is 5.16 Å². The van der Waals surface area contributed by atoms with Gasteiger partial charge in [0.2, 0.25) is 10.0 Å². The molecular weight excluding hydrogens is 304 g/mol. The molecule has 22 heavy (non-hydrogen) atoms. The second-order valence-electron chi connectivity index (χ2n) is 5.53. The molecule has 122 valence electrons. The summed E-state index contributed by atoms with van der Waals surface area (Å²) in [7, 11) is 2.12. The van der Waals surface area contributed by atoms with Crippen molar-refractivity contribution >= 4 is 10.0 Å². The summed E-state index contributed by atoms with van der Waals surface area (Å²) >= 11 is 0. The van der Waals surface area contributed by atoms with E-state index in [1.54, 1.807) is 13.8 Å². The lowest BCUT2D eigenvalue weighted by Crippen LogP contribution is -2.35. The summed E-state index contributed by atoms with van der Waals surface area (Å²) in [6.45, 7) is 3.47. The Morgan fingerprint density at radius 1 is 1.41 bits per heavy atom. The van der Waals surface area contributed by atoms with Gasteiger partial charge in [0.15, 0.2) is 5.76 Å². The number of likely N-dealkylation sites (N-methyl/N-ethyl adjacent to an activating group) is 1. The van der Waals surface area contributed by atoms with Gasteiger partial charge in [0.25, 0.3) is 0 Å². The van der Waals surface area contributed by atoms with Crippen LogP contribution in [0, 0.1) is 13.8 Å². The first kappa shape index (κ1) is 16.7. The molecule has 0 spiro atoms. The molecule has 1 N–H and O–H groups in total. The maximum Gasteiger partial charge on any atom is 0.246 e. The van der Waals surface area contributed by atoms with E-state index in [0.29, 0.717) is 11.5 Å². The zero-order valence-electron chi connectivity index (χ0n) is 13.5. The van der Waals surface area contributed by atoms with Crippen molar-refractivity contribution in [2.45, 2.75) is 24.8 Å². The smallest absolute Gasteiger partial charge is 0.246 e. The van der Waals surface area contributed by atoms with E-state index in [9.17, 15) is 8.42 Å². The molecule has 0 bridgehead atoms. The van der Waals surface area contributed by atoms with Crippen LogP contribution in [0.2, 0.25) is 0 Å². The Balaban J connectivity index is 2.22. The number of nitrogens with one attached hydrogen (secondary N) is 1. The molecule has 0 fully saturated rings. The maximum absolute atomic E-state index is 12.5. The van der Waals surface area contributed by atoms with E-state index in [4.69, 9.17) is 4.52 Å². The average Bonchev–Trinajstić information content (AvgIpc) is 2.96. The summed E-state index contributed by atoms with van der Waals surface area (Å²) < 4.78 is 34.5. The highest BCUT2D eigenvalue weighted by Gasteiger charge is 2.26. The standard InChI is InChI=1S/C14H22N4O3S/c1-10-14(11(2)21-16-10)22(19,20)15-9-13(17(3)4)12-7-6-8-18(12)5/h6-8,13,15H,9H2,1-5H3. The van der Waals surface area contributed by atoms with Crippen molar-refractivity contribution in [3.63, 3.8) is 0 Å². The Hall–Kier alpha value is -1.64. The van der Waals surface area contributed by atoms with Gasteiger partial charge in [-0.2, -0.15) is 0 Å². The fourth-order valence-electron chi connectivity index (χ4n) is 2.49. The molecule has 1 atom stereocenters. The second-order valence-corrected chi connectivity index (χ2v) is 7.23. The van der Waals surface area contributed by atoms with E-state index in [0.717, 1.165) is 5.69 Å². The Morgan fingerprint density at radius 2 is 2.09 bits per heavy atom. The zero-order valence-corrected chi connectivity index (χ0v) is 14.3. The number of nitrogens with zero attached hydrogens (tertiary/aromatic N) is 3. The molecule has 2 aromatic rings. The molecule has 0 saturated carbocycles. The predicted octanol–water partition coefficient (Wildman–Crippen LogP) is 1.21. The van der Waals surface area contributed by atoms with Gasteiger partial charge in [-0.3, -0.25) is 4.90 Å². The highest BCUT2D eigenvalue weighted by atomic mass is 32.2. The molecule has 0 amide bonds. The lowest BCUT2D eigenvalue weighted by atomic mass is 10.2. The number of sulfonamides is 1. The van der Waals surface area contributed by atoms with Crippen LogP contribution in [0.15, 0.2) is 27.7 Å². The number of hydrogen-bond acceptors (Lipinski definition) is 5. The van der Waals surface area contributed by atoms with Gasteiger partial charge < -0.3 is 9.09 Å². The topological polar surface area (TPSA) is 80.4 Å². The first-order chi connectivity index (χ1) is 10.2. The molecule has 7 nitrogen and oxygen atoms in total. The van der Waals surface area contributed by atoms with Gasteiger partial charge in [-0.15, -0.1) is 0 Å². The normalized spacial score (nSPS) is 13.7. The molecule has 0 aliphatic rings. The number of rotatable bonds is 6. The van der Waals surface area contributed by atoms with Crippen molar-refractivity contribution < 1.29 is 12.9 Å². The zero-order chi connectivity index (χ0) is 16.5. The predicted molar refractivity (Wildman–Crippen MR) is 83.0 cm³/mol. The van der Waals surface area contributed by atoms with Crippen LogP contribution in [0.5, 0.6) is 0 Å². The molecule has 1 unspecified atom stereocenters. The molecule has 0 aliphatic carbocycles. The highest BCUT2D eigenvalue weighted by molar-refractivity contribution is 7.89. The number of aromatic nitrogens is 2. The summed E-state index contributed by atoms with van der Waals surface area (Å²) in [6.07, 6.45) is 1.94. The van der Waals surface area contributed by atoms with Crippen molar-refractivity contribution in [2.24, 2.45) is 7.05 Å². The largest absolute Gasteiger partial charge is 0.360 e. The summed E-state index contributed by atoms with van der Waals surface area (Å²) in [4.78, 5) is 2.10. The van der Waals surface area contributed by atoms with Crippen LogP contribution in [0.3, 0.4) is 0 Å². The van der Waals surface area contributed by atoms with Crippen LogP contribution in [0.25, 0.3) is 0 Å². The van der Waals surface area contributed by atoms with Crippen molar-refractivity contribution in [3.05, 3.63) is 35.5 Å². The Labute approximate surface area is 130 Å². The molecule has 0 radical (unpaired) electrons. The third-order valence-electron chi connectivity index (χ3n) is 3.65. The number of hydrogen-bond donors (Lipinski definition) is 1. The Kier molecular flexibility index (Phi) is 4.74. The highest BCUT2D eigenvalue weighted by Crippen LogP contribution is 2.21. The van der Waals surface area contributed by atoms with Crippen LogP contribution in [0.4, 0.5) is 0 Å². The average molecular weight is 326 g/mol. The van der Waals surface area contributed by atoms with Gasteiger partial charge in [-0.05, 0) is 40.1 Å². The lowest BCUT2D eigenvalue weighted by Gasteiger charge is -2.25. The molecule has 8 heteroatoms. The van der Waals surface area contributed by atoms with Crippen LogP contribution in [0.1, 0.15) is 23.2 Å². The molecule has 2 rings (SSSR count). The van der Waals surface area contributed by atoms with Crippen molar-refractivity contribution in [1.82, 2.24) is 19.3 Å². The third kappa shape index (κ3) is 3.23. The lowest BCUT2D eigenvalue weighted by molar-refractivity contribution is 0.289. The SMILES string of the molecule is Cc1noc(C)c1S(=O)(=O)NCC(c1cccn1C)N(C)C. The van der Waals surface area contributed by atoms with Crippen LogP contribution in [-0.2, 0) is 17.1 Å². The van der Waals surface area contributed by atoms with E-state index >= 15 is 0 Å². The van der Waals surface area contributed by atoms with E-state index in [2.05, 4.69) is 9.88 Å². The van der Waals surface area contributed by atoms with Crippen LogP contribution >= 0.6 is 0 Å². The fourth-order valence-corrected chi connectivity index (χ4v) is 3.85. The minimum atomic E-state index is -3.65. The molecule has 2 heterocycles. The summed E-state index contributed by atoms with van der Waals surface area (Å²) in [5, 5.41) is 3.70. The minimum Gasteiger partial charge on any atom is -0.360 e. The Morgan fingerprint density at radius 3 is 2.55 bits per heavy atom. The van der Waals surface area contributed by atoms with E-state index in [1.807, 2.05) is 48.9 Å². The molecular formula is C14H22N4O3S. The van der Waals surface area contributed by atoms with E-state index in [1.165, 1.54) is 0 Å². The van der Waals surface area contributed by atoms with Gasteiger partial charge >= 0.3 is 0 Å². The van der Waals surface area contributed by atoms with Crippen molar-refractivity contribution in [2.75, 3.05) is 20.6 Å². The molecule has 0 aromatic carbocycles. The van der Waals surface area contributed by atoms with Gasteiger partial charge in [0.05, 0.1) is 6.04 Å². The summed E-state index contributed by atoms with van der Waals surface area (Å²) in [6, 6.07) is 3.85. The first-order valence-electron chi connectivity index (χ1n) is 6.94. The number of aryl methyl sites for hydroxylation is 3. The molecule has 0 saturated heterocycles. The van der Waals surface area contributed by atoms with E-state index in [-0.39, 0.29) is 17.5 Å². The molecule has 0 aliphatic heterocycles. The van der Waals surface area contributed by atoms with Gasteiger partial charge in [0, 0.05) is 25.5 Å². The fraction of sp³-hybridized carbons (Fsp3) is 0.500. The monoisotopic (exact) mass is 326 g/mol. The molecule has 2 aromatic heterocycles.